The Morgan fingerprint density at radius 2 is 2.16 bits per heavy atom. The predicted octanol–water partition coefficient (Wildman–Crippen LogP) is 4.62. The lowest BCUT2D eigenvalue weighted by atomic mass is 10.0. The van der Waals surface area contributed by atoms with Gasteiger partial charge in [0.25, 0.3) is 0 Å². The molecule has 100 valence electrons. The largest absolute Gasteiger partial charge is 0.496 e. The van der Waals surface area contributed by atoms with Crippen LogP contribution in [0.5, 0.6) is 5.75 Å². The average molecular weight is 339 g/mol. The highest BCUT2D eigenvalue weighted by molar-refractivity contribution is 9.10. The molecule has 0 aliphatic heterocycles. The molecule has 0 saturated carbocycles. The lowest BCUT2D eigenvalue weighted by Crippen LogP contribution is -2.05. The molecule has 0 unspecified atom stereocenters. The standard InChI is InChI=1S/C15H15BrO2S/c1-4-10-5-6-19-15(10)14(17)11-8-12(16)9(2)7-13(11)18-3/h5-8H,4H2,1-3H3. The minimum Gasteiger partial charge on any atom is -0.496 e. The van der Waals surface area contributed by atoms with Crippen molar-refractivity contribution < 1.29 is 9.53 Å². The van der Waals surface area contributed by atoms with Gasteiger partial charge in [0.2, 0.25) is 5.78 Å². The number of carbonyl (C=O) groups excluding carboxylic acids is 1. The summed E-state index contributed by atoms with van der Waals surface area (Å²) < 4.78 is 6.26. The number of halogens is 1. The van der Waals surface area contributed by atoms with Gasteiger partial charge in [0, 0.05) is 4.47 Å². The zero-order valence-corrected chi connectivity index (χ0v) is 13.5. The van der Waals surface area contributed by atoms with E-state index in [1.807, 2.05) is 30.5 Å². The fraction of sp³-hybridized carbons (Fsp3) is 0.267. The molecule has 0 fully saturated rings. The Morgan fingerprint density at radius 1 is 1.42 bits per heavy atom. The summed E-state index contributed by atoms with van der Waals surface area (Å²) in [6.07, 6.45) is 0.861. The van der Waals surface area contributed by atoms with Crippen LogP contribution in [0.3, 0.4) is 0 Å². The number of thiophene rings is 1. The van der Waals surface area contributed by atoms with Gasteiger partial charge in [-0.3, -0.25) is 4.79 Å². The zero-order valence-electron chi connectivity index (χ0n) is 11.1. The summed E-state index contributed by atoms with van der Waals surface area (Å²) in [5.41, 5.74) is 2.75. The monoisotopic (exact) mass is 338 g/mol. The van der Waals surface area contributed by atoms with E-state index >= 15 is 0 Å². The van der Waals surface area contributed by atoms with Crippen molar-refractivity contribution in [3.8, 4) is 5.75 Å². The first-order chi connectivity index (χ1) is 9.08. The molecular weight excluding hydrogens is 324 g/mol. The number of hydrogen-bond donors (Lipinski definition) is 0. The molecule has 4 heteroatoms. The highest BCUT2D eigenvalue weighted by Crippen LogP contribution is 2.31. The molecule has 0 radical (unpaired) electrons. The second-order valence-corrected chi connectivity index (χ2v) is 6.03. The average Bonchev–Trinajstić information content (AvgIpc) is 2.88. The van der Waals surface area contributed by atoms with E-state index in [2.05, 4.69) is 22.9 Å². The van der Waals surface area contributed by atoms with Crippen LogP contribution in [0.2, 0.25) is 0 Å². The van der Waals surface area contributed by atoms with Gasteiger partial charge in [0.1, 0.15) is 5.75 Å². The third-order valence-electron chi connectivity index (χ3n) is 3.06. The third kappa shape index (κ3) is 2.74. The van der Waals surface area contributed by atoms with Crippen molar-refractivity contribution in [2.24, 2.45) is 0 Å². The summed E-state index contributed by atoms with van der Waals surface area (Å²) in [6, 6.07) is 5.74. The van der Waals surface area contributed by atoms with Gasteiger partial charge in [-0.15, -0.1) is 11.3 Å². The van der Waals surface area contributed by atoms with Crippen molar-refractivity contribution in [2.75, 3.05) is 7.11 Å². The van der Waals surface area contributed by atoms with Crippen molar-refractivity contribution in [3.63, 3.8) is 0 Å². The second kappa shape index (κ2) is 5.88. The van der Waals surface area contributed by atoms with Crippen molar-refractivity contribution in [1.29, 1.82) is 0 Å². The highest BCUT2D eigenvalue weighted by atomic mass is 79.9. The summed E-state index contributed by atoms with van der Waals surface area (Å²) in [7, 11) is 1.59. The van der Waals surface area contributed by atoms with E-state index in [9.17, 15) is 4.79 Å². The van der Waals surface area contributed by atoms with E-state index in [1.54, 1.807) is 7.11 Å². The number of ketones is 1. The Kier molecular flexibility index (Phi) is 4.42. The first kappa shape index (κ1) is 14.3. The number of rotatable bonds is 4. The van der Waals surface area contributed by atoms with Gasteiger partial charge in [-0.1, -0.05) is 22.9 Å². The van der Waals surface area contributed by atoms with Gasteiger partial charge in [-0.2, -0.15) is 0 Å². The van der Waals surface area contributed by atoms with Crippen LogP contribution in [-0.2, 0) is 6.42 Å². The van der Waals surface area contributed by atoms with Crippen LogP contribution < -0.4 is 4.74 Å². The van der Waals surface area contributed by atoms with Crippen LogP contribution in [0.1, 0.15) is 33.3 Å². The molecule has 0 bridgehead atoms. The van der Waals surface area contributed by atoms with E-state index in [4.69, 9.17) is 4.74 Å². The number of hydrogen-bond acceptors (Lipinski definition) is 3. The predicted molar refractivity (Wildman–Crippen MR) is 82.6 cm³/mol. The first-order valence-corrected chi connectivity index (χ1v) is 7.71. The quantitative estimate of drug-likeness (QED) is 0.760. The van der Waals surface area contributed by atoms with Crippen molar-refractivity contribution >= 4 is 33.0 Å². The van der Waals surface area contributed by atoms with Gasteiger partial charge in [-0.25, -0.2) is 0 Å². The normalized spacial score (nSPS) is 10.5. The van der Waals surface area contributed by atoms with E-state index in [0.29, 0.717) is 11.3 Å². The molecule has 0 amide bonds. The number of benzene rings is 1. The summed E-state index contributed by atoms with van der Waals surface area (Å²) in [6.45, 7) is 4.03. The minimum atomic E-state index is 0.0319. The number of carbonyl (C=O) groups is 1. The number of aryl methyl sites for hydroxylation is 2. The summed E-state index contributed by atoms with van der Waals surface area (Å²) >= 11 is 4.96. The number of methoxy groups -OCH3 is 1. The van der Waals surface area contributed by atoms with Gasteiger partial charge in [-0.05, 0) is 48.1 Å². The fourth-order valence-corrected chi connectivity index (χ4v) is 3.23. The van der Waals surface area contributed by atoms with E-state index < -0.39 is 0 Å². The maximum atomic E-state index is 12.6. The number of ether oxygens (including phenoxy) is 1. The summed E-state index contributed by atoms with van der Waals surface area (Å²) in [5.74, 6) is 0.658. The van der Waals surface area contributed by atoms with Crippen LogP contribution in [0.15, 0.2) is 28.1 Å². The van der Waals surface area contributed by atoms with E-state index in [0.717, 1.165) is 26.9 Å². The SMILES string of the molecule is CCc1ccsc1C(=O)c1cc(Br)c(C)cc1OC. The molecule has 2 rings (SSSR count). The molecule has 1 aromatic heterocycles. The molecule has 0 N–H and O–H groups in total. The molecule has 1 aromatic carbocycles. The Bertz CT molecular complexity index is 617. The molecule has 0 atom stereocenters. The highest BCUT2D eigenvalue weighted by Gasteiger charge is 2.19. The lowest BCUT2D eigenvalue weighted by Gasteiger charge is -2.10. The Labute approximate surface area is 125 Å². The Morgan fingerprint density at radius 3 is 2.79 bits per heavy atom. The molecule has 0 saturated heterocycles. The zero-order chi connectivity index (χ0) is 14.0. The molecule has 0 spiro atoms. The molecule has 2 nitrogen and oxygen atoms in total. The second-order valence-electron chi connectivity index (χ2n) is 4.26. The molecule has 19 heavy (non-hydrogen) atoms. The molecular formula is C15H15BrO2S. The van der Waals surface area contributed by atoms with Crippen LogP contribution >= 0.6 is 27.3 Å². The third-order valence-corrected chi connectivity index (χ3v) is 4.87. The maximum absolute atomic E-state index is 12.6. The first-order valence-electron chi connectivity index (χ1n) is 6.03. The Balaban J connectivity index is 2.52. The van der Waals surface area contributed by atoms with E-state index in [1.165, 1.54) is 11.3 Å². The minimum absolute atomic E-state index is 0.0319. The van der Waals surface area contributed by atoms with Crippen LogP contribution in [-0.4, -0.2) is 12.9 Å². The fourth-order valence-electron chi connectivity index (χ4n) is 1.94. The molecule has 2 aromatic rings. The lowest BCUT2D eigenvalue weighted by molar-refractivity contribution is 0.103. The van der Waals surface area contributed by atoms with Gasteiger partial charge in [0.05, 0.1) is 17.6 Å². The topological polar surface area (TPSA) is 26.3 Å². The van der Waals surface area contributed by atoms with Crippen LogP contribution in [0.4, 0.5) is 0 Å². The maximum Gasteiger partial charge on any atom is 0.206 e. The van der Waals surface area contributed by atoms with Crippen molar-refractivity contribution in [3.05, 3.63) is 49.6 Å². The van der Waals surface area contributed by atoms with Crippen LogP contribution in [0.25, 0.3) is 0 Å². The van der Waals surface area contributed by atoms with Crippen LogP contribution in [0, 0.1) is 6.92 Å². The van der Waals surface area contributed by atoms with Gasteiger partial charge < -0.3 is 4.74 Å². The Hall–Kier alpha value is -1.13. The van der Waals surface area contributed by atoms with Crippen molar-refractivity contribution in [2.45, 2.75) is 20.3 Å². The molecule has 1 heterocycles. The van der Waals surface area contributed by atoms with Crippen molar-refractivity contribution in [1.82, 2.24) is 0 Å². The van der Waals surface area contributed by atoms with Gasteiger partial charge >= 0.3 is 0 Å². The van der Waals surface area contributed by atoms with Gasteiger partial charge in [0.15, 0.2) is 0 Å². The summed E-state index contributed by atoms with van der Waals surface area (Å²) in [4.78, 5) is 13.4. The smallest absolute Gasteiger partial charge is 0.206 e. The molecule has 0 aliphatic carbocycles. The summed E-state index contributed by atoms with van der Waals surface area (Å²) in [5, 5.41) is 1.96. The molecule has 0 aliphatic rings. The van der Waals surface area contributed by atoms with E-state index in [-0.39, 0.29) is 5.78 Å².